The molecule has 3 aromatic heterocycles. The van der Waals surface area contributed by atoms with Crippen LogP contribution in [0.3, 0.4) is 0 Å². The molecule has 1 saturated heterocycles. The zero-order chi connectivity index (χ0) is 17.6. The molecule has 0 bridgehead atoms. The number of likely N-dealkylation sites (tertiary alicyclic amines) is 1. The third-order valence-corrected chi connectivity index (χ3v) is 5.06. The molecule has 0 unspecified atom stereocenters. The second kappa shape index (κ2) is 6.02. The Labute approximate surface area is 145 Å². The summed E-state index contributed by atoms with van der Waals surface area (Å²) in [7, 11) is 1.81. The molecule has 0 atom stereocenters. The first-order valence-corrected chi connectivity index (χ1v) is 8.84. The number of amides is 1. The van der Waals surface area contributed by atoms with E-state index in [0.717, 1.165) is 31.5 Å². The summed E-state index contributed by atoms with van der Waals surface area (Å²) in [5, 5.41) is 0.490. The highest BCUT2D eigenvalue weighted by atomic mass is 16.2. The molecule has 0 N–H and O–H groups in total. The van der Waals surface area contributed by atoms with Crippen LogP contribution < -0.4 is 5.56 Å². The topological polar surface area (TPSA) is 59.6 Å². The first-order valence-electron chi connectivity index (χ1n) is 8.84. The Hall–Kier alpha value is -2.63. The molecule has 1 aliphatic rings. The minimum Gasteiger partial charge on any atom is -0.337 e. The zero-order valence-corrected chi connectivity index (χ0v) is 14.7. The van der Waals surface area contributed by atoms with Crippen LogP contribution in [0.2, 0.25) is 0 Å². The number of aryl methyl sites for hydroxylation is 2. The predicted octanol–water partition coefficient (Wildman–Crippen LogP) is 2.51. The van der Waals surface area contributed by atoms with E-state index in [1.54, 1.807) is 21.2 Å². The van der Waals surface area contributed by atoms with Gasteiger partial charge in [0.2, 0.25) is 0 Å². The van der Waals surface area contributed by atoms with Gasteiger partial charge >= 0.3 is 0 Å². The van der Waals surface area contributed by atoms with Crippen LogP contribution in [-0.2, 0) is 7.05 Å². The van der Waals surface area contributed by atoms with E-state index in [1.807, 2.05) is 31.0 Å². The number of nitrogens with zero attached hydrogens (tertiary/aromatic N) is 4. The summed E-state index contributed by atoms with van der Waals surface area (Å²) in [6.45, 7) is 3.51. The Kier molecular flexibility index (Phi) is 3.82. The van der Waals surface area contributed by atoms with Gasteiger partial charge < -0.3 is 9.47 Å². The van der Waals surface area contributed by atoms with E-state index in [1.165, 1.54) is 12.8 Å². The first-order chi connectivity index (χ1) is 12.1. The molecule has 1 aliphatic heterocycles. The SMILES string of the molecule is Cc1ccc2nc3c(cc(C(=O)N4CCCCCC4)n3C)c(=O)n2c1. The minimum atomic E-state index is -0.130. The second-order valence-corrected chi connectivity index (χ2v) is 6.88. The number of hydrogen-bond donors (Lipinski definition) is 0. The van der Waals surface area contributed by atoms with Crippen molar-refractivity contribution in [1.82, 2.24) is 18.9 Å². The van der Waals surface area contributed by atoms with E-state index in [9.17, 15) is 9.59 Å². The van der Waals surface area contributed by atoms with Crippen LogP contribution in [0.1, 0.15) is 41.7 Å². The number of hydrogen-bond acceptors (Lipinski definition) is 3. The van der Waals surface area contributed by atoms with Gasteiger partial charge in [0.1, 0.15) is 17.0 Å². The van der Waals surface area contributed by atoms with Crippen LogP contribution in [0.25, 0.3) is 16.7 Å². The third kappa shape index (κ3) is 2.62. The maximum Gasteiger partial charge on any atom is 0.270 e. The molecule has 130 valence electrons. The van der Waals surface area contributed by atoms with Crippen molar-refractivity contribution in [1.29, 1.82) is 0 Å². The summed E-state index contributed by atoms with van der Waals surface area (Å²) in [5.74, 6) is -0.00737. The normalized spacial score (nSPS) is 15.7. The van der Waals surface area contributed by atoms with Crippen molar-refractivity contribution in [3.63, 3.8) is 0 Å². The molecule has 6 nitrogen and oxygen atoms in total. The van der Waals surface area contributed by atoms with Crippen molar-refractivity contribution in [2.75, 3.05) is 13.1 Å². The fourth-order valence-electron chi connectivity index (χ4n) is 3.62. The van der Waals surface area contributed by atoms with Gasteiger partial charge in [0, 0.05) is 26.3 Å². The fourth-order valence-corrected chi connectivity index (χ4v) is 3.62. The lowest BCUT2D eigenvalue weighted by Gasteiger charge is -2.20. The number of rotatable bonds is 1. The molecule has 0 radical (unpaired) electrons. The fraction of sp³-hybridized carbons (Fsp3) is 0.421. The van der Waals surface area contributed by atoms with Gasteiger partial charge in [-0.25, -0.2) is 4.98 Å². The summed E-state index contributed by atoms with van der Waals surface area (Å²) in [6.07, 6.45) is 6.21. The van der Waals surface area contributed by atoms with Crippen molar-refractivity contribution < 1.29 is 4.79 Å². The standard InChI is InChI=1S/C19H22N4O2/c1-13-7-8-16-20-17-14(18(24)23(16)12-13)11-15(21(17)2)19(25)22-9-5-3-4-6-10-22/h7-8,11-12H,3-6,9-10H2,1-2H3. The van der Waals surface area contributed by atoms with Gasteiger partial charge in [0.05, 0.1) is 5.39 Å². The Morgan fingerprint density at radius 3 is 2.56 bits per heavy atom. The average molecular weight is 338 g/mol. The summed E-state index contributed by atoms with van der Waals surface area (Å²) in [6, 6.07) is 5.46. The second-order valence-electron chi connectivity index (χ2n) is 6.88. The Morgan fingerprint density at radius 1 is 1.12 bits per heavy atom. The Morgan fingerprint density at radius 2 is 1.84 bits per heavy atom. The maximum absolute atomic E-state index is 13.0. The highest BCUT2D eigenvalue weighted by Crippen LogP contribution is 2.19. The minimum absolute atomic E-state index is 0.00737. The molecule has 4 heterocycles. The van der Waals surface area contributed by atoms with Gasteiger partial charge in [-0.05, 0) is 37.5 Å². The van der Waals surface area contributed by atoms with Gasteiger partial charge in [0.15, 0.2) is 0 Å². The van der Waals surface area contributed by atoms with E-state index in [4.69, 9.17) is 0 Å². The number of carbonyl (C=O) groups is 1. The summed E-state index contributed by atoms with van der Waals surface area (Å²) in [4.78, 5) is 32.3. The molecule has 1 amide bonds. The molecular formula is C19H22N4O2. The van der Waals surface area contributed by atoms with Crippen molar-refractivity contribution in [2.45, 2.75) is 32.6 Å². The van der Waals surface area contributed by atoms with E-state index in [0.29, 0.717) is 22.4 Å². The first kappa shape index (κ1) is 15.9. The highest BCUT2D eigenvalue weighted by Gasteiger charge is 2.23. The average Bonchev–Trinajstić information content (AvgIpc) is 2.79. The molecule has 0 aromatic carbocycles. The molecule has 3 aromatic rings. The van der Waals surface area contributed by atoms with Gasteiger partial charge in [-0.2, -0.15) is 0 Å². The van der Waals surface area contributed by atoms with E-state index >= 15 is 0 Å². The molecule has 0 saturated carbocycles. The monoisotopic (exact) mass is 338 g/mol. The van der Waals surface area contributed by atoms with E-state index < -0.39 is 0 Å². The molecule has 6 heteroatoms. The molecule has 4 rings (SSSR count). The van der Waals surface area contributed by atoms with Crippen molar-refractivity contribution >= 4 is 22.6 Å². The maximum atomic E-state index is 13.0. The Bertz CT molecular complexity index is 1020. The van der Waals surface area contributed by atoms with Crippen molar-refractivity contribution in [3.8, 4) is 0 Å². The van der Waals surface area contributed by atoms with E-state index in [2.05, 4.69) is 4.98 Å². The van der Waals surface area contributed by atoms with Gasteiger partial charge in [-0.15, -0.1) is 0 Å². The summed E-state index contributed by atoms with van der Waals surface area (Å²) in [5.41, 5.74) is 2.56. The van der Waals surface area contributed by atoms with Crippen LogP contribution in [0, 0.1) is 6.92 Å². The van der Waals surface area contributed by atoms with Crippen molar-refractivity contribution in [3.05, 3.63) is 46.0 Å². The number of aromatic nitrogens is 3. The third-order valence-electron chi connectivity index (χ3n) is 5.06. The highest BCUT2D eigenvalue weighted by molar-refractivity contribution is 5.98. The molecule has 25 heavy (non-hydrogen) atoms. The van der Waals surface area contributed by atoms with Gasteiger partial charge in [-0.1, -0.05) is 18.9 Å². The van der Waals surface area contributed by atoms with Crippen molar-refractivity contribution in [2.24, 2.45) is 7.05 Å². The number of fused-ring (bicyclic) bond motifs is 2. The van der Waals surface area contributed by atoms with Crippen LogP contribution >= 0.6 is 0 Å². The number of carbonyl (C=O) groups excluding carboxylic acids is 1. The Balaban J connectivity index is 1.87. The lowest BCUT2D eigenvalue weighted by molar-refractivity contribution is 0.0752. The van der Waals surface area contributed by atoms with Gasteiger partial charge in [0.25, 0.3) is 11.5 Å². The molecule has 1 fully saturated rings. The van der Waals surface area contributed by atoms with Crippen LogP contribution in [0.4, 0.5) is 0 Å². The predicted molar refractivity (Wildman–Crippen MR) is 97.0 cm³/mol. The lowest BCUT2D eigenvalue weighted by atomic mass is 10.2. The smallest absolute Gasteiger partial charge is 0.270 e. The molecular weight excluding hydrogens is 316 g/mol. The zero-order valence-electron chi connectivity index (χ0n) is 14.7. The summed E-state index contributed by atoms with van der Waals surface area (Å²) < 4.78 is 3.31. The van der Waals surface area contributed by atoms with Crippen LogP contribution in [0.5, 0.6) is 0 Å². The van der Waals surface area contributed by atoms with E-state index in [-0.39, 0.29) is 11.5 Å². The lowest BCUT2D eigenvalue weighted by Crippen LogP contribution is -2.33. The largest absolute Gasteiger partial charge is 0.337 e. The van der Waals surface area contributed by atoms with Gasteiger partial charge in [-0.3, -0.25) is 14.0 Å². The van der Waals surface area contributed by atoms with Crippen LogP contribution in [0.15, 0.2) is 29.2 Å². The quantitative estimate of drug-likeness (QED) is 0.685. The van der Waals surface area contributed by atoms with Crippen LogP contribution in [-0.4, -0.2) is 37.8 Å². The number of pyridine rings is 1. The summed E-state index contributed by atoms with van der Waals surface area (Å²) >= 11 is 0. The molecule has 0 spiro atoms. The molecule has 0 aliphatic carbocycles.